The molecule has 0 saturated heterocycles. The predicted molar refractivity (Wildman–Crippen MR) is 186 cm³/mol. The molecule has 7 aromatic carbocycles. The second kappa shape index (κ2) is 10.7. The van der Waals surface area contributed by atoms with Gasteiger partial charge >= 0.3 is 0 Å². The van der Waals surface area contributed by atoms with Crippen molar-refractivity contribution >= 4 is 38.4 Å². The van der Waals surface area contributed by atoms with E-state index in [4.69, 9.17) is 0 Å². The molecular formula is C43H34. The van der Waals surface area contributed by atoms with Crippen molar-refractivity contribution in [2.24, 2.45) is 0 Å². The van der Waals surface area contributed by atoms with Crippen LogP contribution in [0.25, 0.3) is 60.6 Å². The first-order valence-corrected chi connectivity index (χ1v) is 15.6. The molecule has 206 valence electrons. The van der Waals surface area contributed by atoms with Crippen LogP contribution in [0.1, 0.15) is 48.8 Å². The Kier molecular flexibility index (Phi) is 6.42. The van der Waals surface area contributed by atoms with E-state index in [-0.39, 0.29) is 0 Å². The molecular weight excluding hydrogens is 516 g/mol. The topological polar surface area (TPSA) is 0 Å². The molecule has 43 heavy (non-hydrogen) atoms. The molecule has 0 radical (unpaired) electrons. The van der Waals surface area contributed by atoms with Gasteiger partial charge in [0.25, 0.3) is 0 Å². The third-order valence-electron chi connectivity index (χ3n) is 9.32. The van der Waals surface area contributed by atoms with Crippen molar-refractivity contribution in [3.8, 4) is 22.3 Å². The summed E-state index contributed by atoms with van der Waals surface area (Å²) in [5.41, 5.74) is 10.9. The average molecular weight is 551 g/mol. The number of rotatable bonds is 6. The third kappa shape index (κ3) is 4.37. The standard InChI is InChI=1S/C43H34/c1-2-3-13-32-27-35-28-34(24-25-36(35)41(32)30-15-5-4-6-16-30)43-39-20-11-9-18-37(39)42(38-19-10-12-21-40(38)43)33-23-22-29-14-7-8-17-31(29)26-33/h4-12,14-28,41H,2-3,13H2,1H3. The van der Waals surface area contributed by atoms with Crippen LogP contribution in [0.4, 0.5) is 0 Å². The lowest BCUT2D eigenvalue weighted by atomic mass is 9.83. The maximum atomic E-state index is 2.49. The Bertz CT molecular complexity index is 2110. The fourth-order valence-corrected chi connectivity index (χ4v) is 7.33. The summed E-state index contributed by atoms with van der Waals surface area (Å²) in [5, 5.41) is 7.75. The number of fused-ring (bicyclic) bond motifs is 4. The van der Waals surface area contributed by atoms with Crippen molar-refractivity contribution in [2.75, 3.05) is 0 Å². The van der Waals surface area contributed by atoms with Crippen LogP contribution >= 0.6 is 0 Å². The molecule has 1 atom stereocenters. The number of hydrogen-bond acceptors (Lipinski definition) is 0. The van der Waals surface area contributed by atoms with Crippen molar-refractivity contribution in [1.29, 1.82) is 0 Å². The maximum Gasteiger partial charge on any atom is 0.0308 e. The summed E-state index contributed by atoms with van der Waals surface area (Å²) < 4.78 is 0. The molecule has 0 nitrogen and oxygen atoms in total. The lowest BCUT2D eigenvalue weighted by molar-refractivity contribution is 0.755. The summed E-state index contributed by atoms with van der Waals surface area (Å²) in [6, 6.07) is 51.8. The van der Waals surface area contributed by atoms with Gasteiger partial charge in [-0.15, -0.1) is 0 Å². The monoisotopic (exact) mass is 550 g/mol. The van der Waals surface area contributed by atoms with E-state index < -0.39 is 0 Å². The van der Waals surface area contributed by atoms with E-state index in [1.54, 1.807) is 5.57 Å². The van der Waals surface area contributed by atoms with Crippen LogP contribution in [0.5, 0.6) is 0 Å². The first kappa shape index (κ1) is 25.7. The first-order valence-electron chi connectivity index (χ1n) is 15.6. The zero-order chi connectivity index (χ0) is 28.8. The number of allylic oxidation sites excluding steroid dienone is 1. The number of hydrogen-bond donors (Lipinski definition) is 0. The minimum Gasteiger partial charge on any atom is -0.0654 e. The SMILES string of the molecule is CCCCC1=Cc2cc(-c3c4ccccc4c(-c4ccc5ccccc5c4)c4ccccc34)ccc2C1c1ccccc1. The van der Waals surface area contributed by atoms with Gasteiger partial charge in [-0.25, -0.2) is 0 Å². The van der Waals surface area contributed by atoms with E-state index in [0.717, 1.165) is 6.42 Å². The van der Waals surface area contributed by atoms with Gasteiger partial charge in [-0.3, -0.25) is 0 Å². The average Bonchev–Trinajstić information content (AvgIpc) is 3.43. The second-order valence-electron chi connectivity index (χ2n) is 11.9. The Morgan fingerprint density at radius 2 is 1.07 bits per heavy atom. The molecule has 0 fully saturated rings. The van der Waals surface area contributed by atoms with E-state index in [2.05, 4.69) is 153 Å². The molecule has 0 heteroatoms. The van der Waals surface area contributed by atoms with Crippen LogP contribution in [0.3, 0.4) is 0 Å². The lowest BCUT2D eigenvalue weighted by Gasteiger charge is -2.20. The van der Waals surface area contributed by atoms with Gasteiger partial charge in [0, 0.05) is 5.92 Å². The molecule has 0 bridgehead atoms. The second-order valence-corrected chi connectivity index (χ2v) is 11.9. The minimum absolute atomic E-state index is 0.348. The molecule has 0 aliphatic heterocycles. The zero-order valence-corrected chi connectivity index (χ0v) is 24.6. The predicted octanol–water partition coefficient (Wildman–Crippen LogP) is 12.2. The highest BCUT2D eigenvalue weighted by atomic mass is 14.3. The summed E-state index contributed by atoms with van der Waals surface area (Å²) in [5.74, 6) is 0.348. The fourth-order valence-electron chi connectivity index (χ4n) is 7.33. The number of unbranched alkanes of at least 4 members (excludes halogenated alkanes) is 1. The van der Waals surface area contributed by atoms with E-state index in [1.165, 1.54) is 84.1 Å². The van der Waals surface area contributed by atoms with Crippen molar-refractivity contribution in [2.45, 2.75) is 32.1 Å². The van der Waals surface area contributed by atoms with Gasteiger partial charge in [0.2, 0.25) is 0 Å². The Labute approximate surface area is 254 Å². The fraction of sp³-hybridized carbons (Fsp3) is 0.116. The molecule has 0 amide bonds. The molecule has 0 heterocycles. The van der Waals surface area contributed by atoms with Crippen molar-refractivity contribution < 1.29 is 0 Å². The highest BCUT2D eigenvalue weighted by Gasteiger charge is 2.27. The van der Waals surface area contributed by atoms with Gasteiger partial charge in [-0.05, 0) is 96.2 Å². The Balaban J connectivity index is 1.35. The third-order valence-corrected chi connectivity index (χ3v) is 9.32. The van der Waals surface area contributed by atoms with Gasteiger partial charge in [0.05, 0.1) is 0 Å². The molecule has 0 N–H and O–H groups in total. The Hall–Kier alpha value is -4.94. The summed E-state index contributed by atoms with van der Waals surface area (Å²) in [6.45, 7) is 2.29. The van der Waals surface area contributed by atoms with E-state index in [9.17, 15) is 0 Å². The van der Waals surface area contributed by atoms with Crippen molar-refractivity contribution in [3.05, 3.63) is 162 Å². The van der Waals surface area contributed by atoms with Crippen LogP contribution in [0.15, 0.2) is 145 Å². The maximum absolute atomic E-state index is 2.49. The van der Waals surface area contributed by atoms with Gasteiger partial charge < -0.3 is 0 Å². The Morgan fingerprint density at radius 3 is 1.72 bits per heavy atom. The van der Waals surface area contributed by atoms with Gasteiger partial charge in [0.1, 0.15) is 0 Å². The quantitative estimate of drug-likeness (QED) is 0.181. The van der Waals surface area contributed by atoms with Crippen molar-refractivity contribution in [1.82, 2.24) is 0 Å². The highest BCUT2D eigenvalue weighted by molar-refractivity contribution is 6.21. The van der Waals surface area contributed by atoms with Crippen molar-refractivity contribution in [3.63, 3.8) is 0 Å². The summed E-state index contributed by atoms with van der Waals surface area (Å²) in [6.07, 6.45) is 6.07. The summed E-state index contributed by atoms with van der Waals surface area (Å²) in [7, 11) is 0. The van der Waals surface area contributed by atoms with Gasteiger partial charge in [-0.2, -0.15) is 0 Å². The van der Waals surface area contributed by atoms with Gasteiger partial charge in [0.15, 0.2) is 0 Å². The zero-order valence-electron chi connectivity index (χ0n) is 24.6. The lowest BCUT2D eigenvalue weighted by Crippen LogP contribution is -2.01. The van der Waals surface area contributed by atoms with E-state index >= 15 is 0 Å². The molecule has 1 aliphatic carbocycles. The molecule has 0 saturated carbocycles. The molecule has 7 aromatic rings. The van der Waals surface area contributed by atoms with Gasteiger partial charge in [-0.1, -0.05) is 152 Å². The molecule has 0 aromatic heterocycles. The van der Waals surface area contributed by atoms with E-state index in [0.29, 0.717) is 5.92 Å². The van der Waals surface area contributed by atoms with Crippen LogP contribution in [-0.2, 0) is 0 Å². The summed E-state index contributed by atoms with van der Waals surface area (Å²) >= 11 is 0. The van der Waals surface area contributed by atoms with Crippen LogP contribution in [0, 0.1) is 0 Å². The van der Waals surface area contributed by atoms with Crippen LogP contribution in [0.2, 0.25) is 0 Å². The Morgan fingerprint density at radius 1 is 0.512 bits per heavy atom. The number of benzene rings is 7. The molecule has 1 unspecified atom stereocenters. The largest absolute Gasteiger partial charge is 0.0654 e. The highest BCUT2D eigenvalue weighted by Crippen LogP contribution is 2.47. The molecule has 8 rings (SSSR count). The van der Waals surface area contributed by atoms with E-state index in [1.807, 2.05) is 0 Å². The van der Waals surface area contributed by atoms with Crippen LogP contribution in [-0.4, -0.2) is 0 Å². The summed E-state index contributed by atoms with van der Waals surface area (Å²) in [4.78, 5) is 0. The molecule has 0 spiro atoms. The smallest absolute Gasteiger partial charge is 0.0308 e. The molecule has 1 aliphatic rings. The normalized spacial score (nSPS) is 14.3. The van der Waals surface area contributed by atoms with Crippen LogP contribution < -0.4 is 0 Å². The minimum atomic E-state index is 0.348. The first-order chi connectivity index (χ1) is 21.3.